The van der Waals surface area contributed by atoms with Gasteiger partial charge in [0.1, 0.15) is 5.82 Å². The molecule has 1 aromatic carbocycles. The lowest BCUT2D eigenvalue weighted by Crippen LogP contribution is -2.36. The molecule has 1 aliphatic rings. The summed E-state index contributed by atoms with van der Waals surface area (Å²) in [6, 6.07) is 7.42. The highest BCUT2D eigenvalue weighted by Gasteiger charge is 2.33. The molecular formula is C21H27N5O4S2. The molecule has 0 saturated carbocycles. The predicted molar refractivity (Wildman–Crippen MR) is 124 cm³/mol. The van der Waals surface area contributed by atoms with Gasteiger partial charge in [-0.25, -0.2) is 8.42 Å². The van der Waals surface area contributed by atoms with Crippen LogP contribution in [-0.4, -0.2) is 70.7 Å². The molecule has 1 saturated heterocycles. The normalized spacial score (nSPS) is 17.1. The highest BCUT2D eigenvalue weighted by atomic mass is 32.2. The summed E-state index contributed by atoms with van der Waals surface area (Å²) in [5, 5.41) is 11.7. The molecule has 0 radical (unpaired) electrons. The van der Waals surface area contributed by atoms with E-state index in [0.29, 0.717) is 29.6 Å². The fraction of sp³-hybridized carbons (Fsp3) is 0.429. The van der Waals surface area contributed by atoms with Crippen molar-refractivity contribution in [3.63, 3.8) is 0 Å². The van der Waals surface area contributed by atoms with Gasteiger partial charge in [-0.3, -0.25) is 9.59 Å². The fourth-order valence-corrected chi connectivity index (χ4v) is 6.02. The van der Waals surface area contributed by atoms with E-state index < -0.39 is 9.84 Å². The molecule has 0 bridgehead atoms. The van der Waals surface area contributed by atoms with Gasteiger partial charge in [0, 0.05) is 25.2 Å². The van der Waals surface area contributed by atoms with Crippen LogP contribution < -0.4 is 5.32 Å². The number of hydrogen-bond donors (Lipinski definition) is 1. The summed E-state index contributed by atoms with van der Waals surface area (Å²) in [7, 11) is -1.48. The van der Waals surface area contributed by atoms with Gasteiger partial charge in [-0.05, 0) is 25.5 Å². The van der Waals surface area contributed by atoms with Crippen LogP contribution in [-0.2, 0) is 26.0 Å². The van der Waals surface area contributed by atoms with Crippen LogP contribution in [0.25, 0.3) is 0 Å². The Morgan fingerprint density at radius 2 is 2.03 bits per heavy atom. The van der Waals surface area contributed by atoms with Crippen LogP contribution in [0.4, 0.5) is 5.69 Å². The van der Waals surface area contributed by atoms with Gasteiger partial charge in [-0.2, -0.15) is 0 Å². The first-order valence-corrected chi connectivity index (χ1v) is 13.0. The Kier molecular flexibility index (Phi) is 7.73. The van der Waals surface area contributed by atoms with Crippen molar-refractivity contribution >= 4 is 39.1 Å². The Labute approximate surface area is 192 Å². The molecule has 0 spiro atoms. The zero-order valence-electron chi connectivity index (χ0n) is 18.2. The molecule has 0 aliphatic carbocycles. The van der Waals surface area contributed by atoms with Crippen LogP contribution in [0, 0.1) is 6.92 Å². The van der Waals surface area contributed by atoms with Crippen molar-refractivity contribution in [3.8, 4) is 0 Å². The first-order valence-electron chi connectivity index (χ1n) is 10.2. The number of aromatic nitrogens is 3. The van der Waals surface area contributed by atoms with E-state index in [2.05, 4.69) is 22.1 Å². The van der Waals surface area contributed by atoms with E-state index in [1.807, 2.05) is 31.2 Å². The molecule has 2 amide bonds. The molecule has 1 fully saturated rings. The predicted octanol–water partition coefficient (Wildman–Crippen LogP) is 1.86. The first kappa shape index (κ1) is 24.0. The summed E-state index contributed by atoms with van der Waals surface area (Å²) in [4.78, 5) is 26.1. The lowest BCUT2D eigenvalue weighted by atomic mass is 10.1. The van der Waals surface area contributed by atoms with E-state index in [9.17, 15) is 18.0 Å². The van der Waals surface area contributed by atoms with Crippen LogP contribution in [0.1, 0.15) is 23.7 Å². The Hall–Kier alpha value is -2.66. The highest BCUT2D eigenvalue weighted by molar-refractivity contribution is 7.99. The minimum absolute atomic E-state index is 0.0602. The number of thioether (sulfide) groups is 1. The van der Waals surface area contributed by atoms with Crippen molar-refractivity contribution in [3.05, 3.63) is 48.3 Å². The van der Waals surface area contributed by atoms with Gasteiger partial charge >= 0.3 is 0 Å². The number of amides is 2. The second-order valence-electron chi connectivity index (χ2n) is 7.79. The first-order chi connectivity index (χ1) is 15.2. The Morgan fingerprint density at radius 3 is 2.66 bits per heavy atom. The Bertz CT molecular complexity index is 1100. The number of anilines is 1. The van der Waals surface area contributed by atoms with Crippen LogP contribution in [0.15, 0.2) is 42.1 Å². The third kappa shape index (κ3) is 6.19. The number of rotatable bonds is 9. The zero-order chi connectivity index (χ0) is 23.3. The van der Waals surface area contributed by atoms with Gasteiger partial charge < -0.3 is 14.8 Å². The van der Waals surface area contributed by atoms with E-state index in [-0.39, 0.29) is 41.5 Å². The second-order valence-corrected chi connectivity index (χ2v) is 11.0. The van der Waals surface area contributed by atoms with Gasteiger partial charge in [0.05, 0.1) is 23.8 Å². The van der Waals surface area contributed by atoms with Gasteiger partial charge in [0.2, 0.25) is 11.8 Å². The van der Waals surface area contributed by atoms with E-state index >= 15 is 0 Å². The SMILES string of the molecule is C=CCn1c(SCC(=O)N(C)CC(=O)Nc2ccc(C)cc2)nnc1C1CCS(=O)(=O)C1. The van der Waals surface area contributed by atoms with Crippen LogP contribution in [0.2, 0.25) is 0 Å². The van der Waals surface area contributed by atoms with Crippen LogP contribution in [0.3, 0.4) is 0 Å². The number of nitrogens with one attached hydrogen (secondary N) is 1. The molecule has 2 aromatic rings. The number of hydrogen-bond acceptors (Lipinski definition) is 7. The molecule has 11 heteroatoms. The number of carbonyl (C=O) groups is 2. The number of nitrogens with zero attached hydrogens (tertiary/aromatic N) is 4. The molecule has 3 rings (SSSR count). The van der Waals surface area contributed by atoms with Gasteiger partial charge in [-0.1, -0.05) is 35.5 Å². The van der Waals surface area contributed by atoms with Crippen molar-refractivity contribution in [2.75, 3.05) is 36.2 Å². The average molecular weight is 478 g/mol. The Morgan fingerprint density at radius 1 is 1.31 bits per heavy atom. The quantitative estimate of drug-likeness (QED) is 0.433. The number of likely N-dealkylation sites (N-methyl/N-ethyl adjacent to an activating group) is 1. The Balaban J connectivity index is 1.57. The van der Waals surface area contributed by atoms with Crippen molar-refractivity contribution in [2.45, 2.75) is 31.0 Å². The minimum atomic E-state index is -3.05. The van der Waals surface area contributed by atoms with Crippen molar-refractivity contribution in [2.24, 2.45) is 0 Å². The summed E-state index contributed by atoms with van der Waals surface area (Å²) < 4.78 is 25.5. The molecular weight excluding hydrogens is 450 g/mol. The molecule has 1 N–H and O–H groups in total. The van der Waals surface area contributed by atoms with E-state index in [4.69, 9.17) is 0 Å². The summed E-state index contributed by atoms with van der Waals surface area (Å²) in [6.07, 6.45) is 2.20. The number of aryl methyl sites for hydroxylation is 1. The van der Waals surface area contributed by atoms with Crippen molar-refractivity contribution in [1.82, 2.24) is 19.7 Å². The average Bonchev–Trinajstić information content (AvgIpc) is 3.30. The third-order valence-electron chi connectivity index (χ3n) is 5.12. The third-order valence-corrected chi connectivity index (χ3v) is 7.84. The number of sulfone groups is 1. The molecule has 1 aliphatic heterocycles. The van der Waals surface area contributed by atoms with E-state index in [1.54, 1.807) is 17.7 Å². The van der Waals surface area contributed by atoms with Gasteiger partial charge in [-0.15, -0.1) is 16.8 Å². The lowest BCUT2D eigenvalue weighted by molar-refractivity contribution is -0.131. The maximum atomic E-state index is 12.5. The summed E-state index contributed by atoms with van der Waals surface area (Å²) in [5.41, 5.74) is 1.77. The molecule has 2 heterocycles. The zero-order valence-corrected chi connectivity index (χ0v) is 19.8. The van der Waals surface area contributed by atoms with Gasteiger partial charge in [0.15, 0.2) is 15.0 Å². The molecule has 32 heavy (non-hydrogen) atoms. The lowest BCUT2D eigenvalue weighted by Gasteiger charge is -2.17. The summed E-state index contributed by atoms with van der Waals surface area (Å²) in [5.74, 6) is 0.172. The van der Waals surface area contributed by atoms with Gasteiger partial charge in [0.25, 0.3) is 0 Å². The van der Waals surface area contributed by atoms with Crippen LogP contribution in [0.5, 0.6) is 0 Å². The standard InChI is InChI=1S/C21H27N5O4S2/c1-4-10-26-20(16-9-11-32(29,30)14-16)23-24-21(26)31-13-19(28)25(3)12-18(27)22-17-7-5-15(2)6-8-17/h4-8,16H,1,9-14H2,2-3H3,(H,22,27). The monoisotopic (exact) mass is 477 g/mol. The maximum Gasteiger partial charge on any atom is 0.243 e. The number of carbonyl (C=O) groups excluding carboxylic acids is 2. The fourth-order valence-electron chi connectivity index (χ4n) is 3.39. The summed E-state index contributed by atoms with van der Waals surface area (Å²) >= 11 is 1.20. The number of allylic oxidation sites excluding steroid dienone is 1. The molecule has 172 valence electrons. The smallest absolute Gasteiger partial charge is 0.243 e. The van der Waals surface area contributed by atoms with Crippen molar-refractivity contribution in [1.29, 1.82) is 0 Å². The molecule has 9 nitrogen and oxygen atoms in total. The molecule has 1 unspecified atom stereocenters. The highest BCUT2D eigenvalue weighted by Crippen LogP contribution is 2.30. The summed E-state index contributed by atoms with van der Waals surface area (Å²) in [6.45, 7) is 6.06. The molecule has 1 aromatic heterocycles. The maximum absolute atomic E-state index is 12.5. The largest absolute Gasteiger partial charge is 0.336 e. The van der Waals surface area contributed by atoms with Crippen LogP contribution >= 0.6 is 11.8 Å². The van der Waals surface area contributed by atoms with Crippen molar-refractivity contribution < 1.29 is 18.0 Å². The minimum Gasteiger partial charge on any atom is -0.336 e. The molecule has 1 atom stereocenters. The second kappa shape index (κ2) is 10.3. The topological polar surface area (TPSA) is 114 Å². The van der Waals surface area contributed by atoms with E-state index in [0.717, 1.165) is 5.56 Å². The number of benzene rings is 1. The van der Waals surface area contributed by atoms with E-state index in [1.165, 1.54) is 16.7 Å².